The van der Waals surface area contributed by atoms with E-state index in [0.29, 0.717) is 12.8 Å². The molecule has 15 N–H and O–H groups in total. The summed E-state index contributed by atoms with van der Waals surface area (Å²) in [5, 5.41) is 147. The molecule has 4 fully saturated rings. The zero-order chi connectivity index (χ0) is 69.3. The molecule has 4 aliphatic heterocycles. The molecule has 95 heavy (non-hydrogen) atoms. The van der Waals surface area contributed by atoms with E-state index in [-0.39, 0.29) is 12.3 Å². The van der Waals surface area contributed by atoms with Gasteiger partial charge in [0, 0.05) is 13.3 Å². The van der Waals surface area contributed by atoms with Crippen molar-refractivity contribution in [1.29, 1.82) is 0 Å². The van der Waals surface area contributed by atoms with Crippen LogP contribution in [0.25, 0.3) is 0 Å². The lowest BCUT2D eigenvalue weighted by molar-refractivity contribution is -0.380. The maximum atomic E-state index is 13.5. The molecule has 4 rings (SSSR count). The number of amides is 2. The topological polar surface area (TPSA) is 395 Å². The molecule has 0 radical (unpaired) electrons. The van der Waals surface area contributed by atoms with Crippen molar-refractivity contribution in [2.45, 2.75) is 387 Å². The number of allylic oxidation sites excluding steroid dienone is 1. The zero-order valence-corrected chi connectivity index (χ0v) is 57.7. The second-order valence-electron chi connectivity index (χ2n) is 27.1. The normalized spacial score (nSPS) is 32.0. The van der Waals surface area contributed by atoms with Crippen molar-refractivity contribution in [3.63, 3.8) is 0 Å². The highest BCUT2D eigenvalue weighted by molar-refractivity contribution is 5.76. The Labute approximate surface area is 566 Å². The van der Waals surface area contributed by atoms with Crippen LogP contribution in [0.3, 0.4) is 0 Å². The molecule has 0 aliphatic carbocycles. The smallest absolute Gasteiger partial charge is 0.220 e. The van der Waals surface area contributed by atoms with Crippen LogP contribution in [0.5, 0.6) is 0 Å². The van der Waals surface area contributed by atoms with Crippen molar-refractivity contribution in [2.75, 3.05) is 33.0 Å². The number of rotatable bonds is 53. The largest absolute Gasteiger partial charge is 0.394 e. The summed E-state index contributed by atoms with van der Waals surface area (Å²) in [6.07, 6.45) is 11.4. The van der Waals surface area contributed by atoms with Crippen LogP contribution >= 0.6 is 0 Å². The van der Waals surface area contributed by atoms with E-state index < -0.39 is 174 Å². The highest BCUT2D eigenvalue weighted by atomic mass is 16.8. The molecule has 0 aromatic carbocycles. The average Bonchev–Trinajstić information content (AvgIpc) is 0.779. The molecule has 22 atom stereocenters. The van der Waals surface area contributed by atoms with E-state index in [1.165, 1.54) is 173 Å². The number of unbranched alkanes of at least 4 members (excludes halogenated alkanes) is 33. The van der Waals surface area contributed by atoms with Gasteiger partial charge in [-0.3, -0.25) is 9.59 Å². The van der Waals surface area contributed by atoms with Crippen LogP contribution in [-0.2, 0) is 47.5 Å². The minimum absolute atomic E-state index is 0.218. The van der Waals surface area contributed by atoms with Gasteiger partial charge in [0.1, 0.15) is 97.6 Å². The molecule has 4 aliphatic rings. The molecule has 0 spiro atoms. The molecular weight excluding hydrogens is 1240 g/mol. The number of hydrogen-bond acceptors (Lipinski definition) is 23. The van der Waals surface area contributed by atoms with Crippen molar-refractivity contribution in [2.24, 2.45) is 0 Å². The minimum Gasteiger partial charge on any atom is -0.394 e. The number of aliphatic hydroxyl groups is 13. The van der Waals surface area contributed by atoms with Crippen LogP contribution in [0.2, 0.25) is 0 Å². The molecule has 0 bridgehead atoms. The Morgan fingerprint density at radius 3 is 1.19 bits per heavy atom. The van der Waals surface area contributed by atoms with Gasteiger partial charge in [-0.15, -0.1) is 0 Å². The van der Waals surface area contributed by atoms with Gasteiger partial charge in [-0.2, -0.15) is 0 Å². The summed E-state index contributed by atoms with van der Waals surface area (Å²) in [4.78, 5) is 26.1. The summed E-state index contributed by atoms with van der Waals surface area (Å²) in [5.41, 5.74) is 0. The third-order valence-corrected chi connectivity index (χ3v) is 19.1. The van der Waals surface area contributed by atoms with E-state index in [2.05, 4.69) is 24.5 Å². The van der Waals surface area contributed by atoms with E-state index in [0.717, 1.165) is 45.4 Å². The lowest BCUT2D eigenvalue weighted by Crippen LogP contribution is -2.70. The van der Waals surface area contributed by atoms with Gasteiger partial charge in [-0.05, 0) is 19.3 Å². The second-order valence-corrected chi connectivity index (χ2v) is 27.1. The second kappa shape index (κ2) is 50.2. The van der Waals surface area contributed by atoms with Crippen LogP contribution < -0.4 is 10.6 Å². The van der Waals surface area contributed by atoms with E-state index in [4.69, 9.17) is 37.9 Å². The van der Waals surface area contributed by atoms with Crippen molar-refractivity contribution in [3.05, 3.63) is 12.2 Å². The Morgan fingerprint density at radius 1 is 0.411 bits per heavy atom. The molecular formula is C70H130N2O23. The van der Waals surface area contributed by atoms with Gasteiger partial charge in [0.15, 0.2) is 25.2 Å². The van der Waals surface area contributed by atoms with Gasteiger partial charge in [0.2, 0.25) is 11.8 Å². The van der Waals surface area contributed by atoms with E-state index >= 15 is 0 Å². The maximum Gasteiger partial charge on any atom is 0.220 e. The summed E-state index contributed by atoms with van der Waals surface area (Å²) < 4.78 is 46.8. The van der Waals surface area contributed by atoms with Crippen LogP contribution in [0.1, 0.15) is 252 Å². The number of carbonyl (C=O) groups excluding carboxylic acids is 2. The van der Waals surface area contributed by atoms with Crippen molar-refractivity contribution >= 4 is 11.8 Å². The molecule has 4 saturated heterocycles. The zero-order valence-electron chi connectivity index (χ0n) is 57.7. The van der Waals surface area contributed by atoms with E-state index in [9.17, 15) is 76.0 Å². The Kier molecular flexibility index (Phi) is 45.1. The van der Waals surface area contributed by atoms with Gasteiger partial charge in [-0.25, -0.2) is 0 Å². The van der Waals surface area contributed by atoms with Crippen LogP contribution in [0, 0.1) is 0 Å². The van der Waals surface area contributed by atoms with Crippen molar-refractivity contribution in [1.82, 2.24) is 10.6 Å². The quantitative estimate of drug-likeness (QED) is 0.0284. The first-order valence-electron chi connectivity index (χ1n) is 36.9. The highest BCUT2D eigenvalue weighted by Crippen LogP contribution is 2.35. The fraction of sp³-hybridized carbons (Fsp3) is 0.943. The molecule has 2 amide bonds. The molecule has 0 saturated carbocycles. The molecule has 1 unspecified atom stereocenters. The standard InChI is InChI=1S/C70H130N2O23/c1-4-6-8-10-12-14-16-18-19-20-21-22-23-24-25-26-27-29-31-33-35-37-39-41-54(79)72-48(49(78)40-38-36-34-32-30-28-17-15-13-11-9-7-5-2)46-88-68-62(86)59(83)65(52(44-75)91-68)94-70-63(87)60(84)64(53(45-76)92-70)93-67-55(71-47(3)77)66(57(81)51(43-74)89-67)95-69-61(85)58(82)56(80)50(42-73)90-69/h38,40,48-53,55-70,73-76,78,80-87H,4-37,39,41-46H2,1-3H3,(H,71,77)(H,72,79)/t48-,49+,50+,51+,52+,53+,55+,56-,57-,58-,59+,60+,61+,62?,63+,64-,65+,66+,67-,68+,69-,70-/m0/s1. The average molecular weight is 1370 g/mol. The van der Waals surface area contributed by atoms with Gasteiger partial charge >= 0.3 is 0 Å². The van der Waals surface area contributed by atoms with Crippen LogP contribution in [-0.4, -0.2) is 246 Å². The van der Waals surface area contributed by atoms with Gasteiger partial charge < -0.3 is 115 Å². The Balaban J connectivity index is 1.28. The molecule has 558 valence electrons. The molecule has 4 heterocycles. The monoisotopic (exact) mass is 1370 g/mol. The van der Waals surface area contributed by atoms with Gasteiger partial charge in [0.25, 0.3) is 0 Å². The molecule has 0 aromatic rings. The summed E-state index contributed by atoms with van der Waals surface area (Å²) in [5.74, 6) is -1.06. The Morgan fingerprint density at radius 2 is 0.758 bits per heavy atom. The third-order valence-electron chi connectivity index (χ3n) is 19.1. The maximum absolute atomic E-state index is 13.5. The fourth-order valence-electron chi connectivity index (χ4n) is 13.1. The lowest BCUT2D eigenvalue weighted by Gasteiger charge is -2.50. The number of ether oxygens (including phenoxy) is 8. The van der Waals surface area contributed by atoms with Gasteiger partial charge in [0.05, 0.1) is 45.2 Å². The summed E-state index contributed by atoms with van der Waals surface area (Å²) >= 11 is 0. The molecule has 25 nitrogen and oxygen atoms in total. The number of hydrogen-bond donors (Lipinski definition) is 15. The first-order valence-corrected chi connectivity index (χ1v) is 36.9. The van der Waals surface area contributed by atoms with Crippen molar-refractivity contribution < 1.29 is 114 Å². The van der Waals surface area contributed by atoms with Crippen molar-refractivity contribution in [3.8, 4) is 0 Å². The summed E-state index contributed by atoms with van der Waals surface area (Å²) in [6.45, 7) is 1.63. The number of nitrogens with one attached hydrogen (secondary N) is 2. The fourth-order valence-corrected chi connectivity index (χ4v) is 13.1. The Bertz CT molecular complexity index is 1960. The first kappa shape index (κ1) is 85.3. The summed E-state index contributed by atoms with van der Waals surface area (Å²) in [6, 6.07) is -2.62. The summed E-state index contributed by atoms with van der Waals surface area (Å²) in [7, 11) is 0. The highest BCUT2D eigenvalue weighted by Gasteiger charge is 2.56. The van der Waals surface area contributed by atoms with Crippen LogP contribution in [0.15, 0.2) is 12.2 Å². The predicted octanol–water partition coefficient (Wildman–Crippen LogP) is 4.90. The minimum atomic E-state index is -2.10. The molecule has 25 heteroatoms. The van der Waals surface area contributed by atoms with Gasteiger partial charge in [-0.1, -0.05) is 231 Å². The first-order chi connectivity index (χ1) is 46.0. The third kappa shape index (κ3) is 30.9. The predicted molar refractivity (Wildman–Crippen MR) is 354 cm³/mol. The Hall–Kier alpha value is -2.16. The number of aliphatic hydroxyl groups excluding tert-OH is 13. The SMILES string of the molecule is CCCCCCCCCCCCCC=C[C@@H](O)[C@H](CO[C@@H]1O[C@H](CO)[C@@H](O[C@@H]2O[C@H](CO)[C@H](O[C@@H]3O[C@H](CO)[C@H](O)[C@H](O[C@@H]4O[C@H](CO)[C@H](O)[C@H](O)[C@H]4O)[C@H]3NC(C)=O)[C@H](O)[C@H]2O)[C@H](O)C1O)NC(=O)CCCCCCCCCCCCCCCCCCCCCCCCC. The van der Waals surface area contributed by atoms with Crippen LogP contribution in [0.4, 0.5) is 0 Å². The molecule has 0 aromatic heterocycles. The number of carbonyl (C=O) groups is 2. The van der Waals surface area contributed by atoms with E-state index in [1.54, 1.807) is 6.08 Å². The van der Waals surface area contributed by atoms with E-state index in [1.807, 2.05) is 6.08 Å². The lowest BCUT2D eigenvalue weighted by atomic mass is 9.94.